The van der Waals surface area contributed by atoms with E-state index in [1.807, 2.05) is 0 Å². The van der Waals surface area contributed by atoms with Gasteiger partial charge in [-0.25, -0.2) is 4.79 Å². The first-order valence-electron chi connectivity index (χ1n) is 8.00. The molecule has 2 aromatic rings. The van der Waals surface area contributed by atoms with Crippen LogP contribution in [0.2, 0.25) is 0 Å². The van der Waals surface area contributed by atoms with Crippen molar-refractivity contribution in [3.63, 3.8) is 0 Å². The van der Waals surface area contributed by atoms with Crippen molar-refractivity contribution in [1.29, 1.82) is 0 Å². The number of aliphatic hydroxyl groups is 2. The van der Waals surface area contributed by atoms with E-state index in [9.17, 15) is 14.4 Å². The highest BCUT2D eigenvalue weighted by Gasteiger charge is 2.12. The Morgan fingerprint density at radius 3 is 2.37 bits per heavy atom. The molecule has 0 saturated carbocycles. The minimum Gasteiger partial charge on any atom is -0.489 e. The van der Waals surface area contributed by atoms with E-state index in [1.165, 1.54) is 30.3 Å². The fraction of sp³-hybridized carbons (Fsp3) is 0.211. The molecule has 0 aliphatic carbocycles. The predicted molar refractivity (Wildman–Crippen MR) is 92.7 cm³/mol. The van der Waals surface area contributed by atoms with Gasteiger partial charge in [-0.15, -0.1) is 0 Å². The fourth-order valence-corrected chi connectivity index (χ4v) is 2.13. The van der Waals surface area contributed by atoms with E-state index >= 15 is 0 Å². The van der Waals surface area contributed by atoms with Crippen LogP contribution < -0.4 is 9.47 Å². The average molecular weight is 374 g/mol. The van der Waals surface area contributed by atoms with Gasteiger partial charge in [-0.05, 0) is 35.9 Å². The molecule has 0 fully saturated rings. The van der Waals surface area contributed by atoms with Gasteiger partial charge in [0.25, 0.3) is 0 Å². The summed E-state index contributed by atoms with van der Waals surface area (Å²) in [5.41, 5.74) is 1.01. The molecule has 8 heteroatoms. The third kappa shape index (κ3) is 6.21. The zero-order valence-corrected chi connectivity index (χ0v) is 14.2. The summed E-state index contributed by atoms with van der Waals surface area (Å²) in [6.45, 7) is 0.158. The monoisotopic (exact) mass is 374 g/mol. The maximum absolute atomic E-state index is 11.6. The van der Waals surface area contributed by atoms with Crippen LogP contribution in [0, 0.1) is 0 Å². The van der Waals surface area contributed by atoms with Gasteiger partial charge in [0.05, 0.1) is 17.5 Å². The Morgan fingerprint density at radius 2 is 1.78 bits per heavy atom. The van der Waals surface area contributed by atoms with E-state index < -0.39 is 18.2 Å². The Hall–Kier alpha value is -3.23. The van der Waals surface area contributed by atoms with Gasteiger partial charge >= 0.3 is 11.9 Å². The number of ether oxygens (including phenoxy) is 2. The van der Waals surface area contributed by atoms with Crippen LogP contribution >= 0.6 is 0 Å². The Bertz CT molecular complexity index is 811. The van der Waals surface area contributed by atoms with Crippen LogP contribution in [0.5, 0.6) is 11.5 Å². The van der Waals surface area contributed by atoms with Crippen LogP contribution in [-0.4, -0.2) is 39.8 Å². The van der Waals surface area contributed by atoms with Crippen molar-refractivity contribution in [1.82, 2.24) is 0 Å². The van der Waals surface area contributed by atoms with Crippen molar-refractivity contribution in [2.75, 3.05) is 0 Å². The molecular formula is C19H18O8. The average Bonchev–Trinajstić information content (AvgIpc) is 2.65. The number of carboxylic acid groups (broad SMARTS) is 1. The van der Waals surface area contributed by atoms with Crippen molar-refractivity contribution >= 4 is 18.2 Å². The number of carbonyl (C=O) groups is 3. The Kier molecular flexibility index (Phi) is 7.04. The third-order valence-electron chi connectivity index (χ3n) is 3.55. The molecule has 0 amide bonds. The SMILES string of the molecule is O=Cc1cc(OCc2ccc(C(=O)O)cc2)ccc1OC(=O)CCC(O)O. The van der Waals surface area contributed by atoms with Gasteiger partial charge in [-0.3, -0.25) is 9.59 Å². The van der Waals surface area contributed by atoms with Gasteiger partial charge in [0.2, 0.25) is 0 Å². The van der Waals surface area contributed by atoms with Crippen molar-refractivity contribution in [2.24, 2.45) is 0 Å². The van der Waals surface area contributed by atoms with Crippen molar-refractivity contribution < 1.29 is 39.2 Å². The van der Waals surface area contributed by atoms with Crippen LogP contribution in [-0.2, 0) is 11.4 Å². The lowest BCUT2D eigenvalue weighted by Crippen LogP contribution is -2.13. The lowest BCUT2D eigenvalue weighted by Gasteiger charge is -2.10. The summed E-state index contributed by atoms with van der Waals surface area (Å²) < 4.78 is 10.6. The molecule has 0 spiro atoms. The maximum Gasteiger partial charge on any atom is 0.335 e. The molecule has 27 heavy (non-hydrogen) atoms. The lowest BCUT2D eigenvalue weighted by molar-refractivity contribution is -0.137. The molecule has 0 aromatic heterocycles. The van der Waals surface area contributed by atoms with Crippen molar-refractivity contribution in [2.45, 2.75) is 25.7 Å². The molecule has 0 aliphatic rings. The van der Waals surface area contributed by atoms with Gasteiger partial charge in [0.15, 0.2) is 12.6 Å². The first-order valence-corrected chi connectivity index (χ1v) is 8.00. The number of benzene rings is 2. The maximum atomic E-state index is 11.6. The summed E-state index contributed by atoms with van der Waals surface area (Å²) in [7, 11) is 0. The quantitative estimate of drug-likeness (QED) is 0.262. The van der Waals surface area contributed by atoms with Crippen molar-refractivity contribution in [3.8, 4) is 11.5 Å². The minimum absolute atomic E-state index is 0.0422. The molecule has 0 bridgehead atoms. The zero-order chi connectivity index (χ0) is 19.8. The number of esters is 1. The van der Waals surface area contributed by atoms with Gasteiger partial charge in [0.1, 0.15) is 18.1 Å². The van der Waals surface area contributed by atoms with E-state index in [2.05, 4.69) is 0 Å². The normalized spacial score (nSPS) is 10.5. The number of hydrogen-bond acceptors (Lipinski definition) is 7. The van der Waals surface area contributed by atoms with Gasteiger partial charge in [-0.2, -0.15) is 0 Å². The van der Waals surface area contributed by atoms with Crippen LogP contribution in [0.3, 0.4) is 0 Å². The molecule has 0 radical (unpaired) electrons. The summed E-state index contributed by atoms with van der Waals surface area (Å²) in [5, 5.41) is 26.4. The minimum atomic E-state index is -1.61. The largest absolute Gasteiger partial charge is 0.489 e. The molecule has 0 aliphatic heterocycles. The highest BCUT2D eigenvalue weighted by atomic mass is 16.5. The number of carboxylic acids is 1. The number of carbonyl (C=O) groups excluding carboxylic acids is 2. The number of aldehydes is 1. The Labute approximate surface area is 154 Å². The predicted octanol–water partition coefficient (Wildman–Crippen LogP) is 1.77. The molecule has 3 N–H and O–H groups in total. The van der Waals surface area contributed by atoms with Gasteiger partial charge < -0.3 is 24.8 Å². The van der Waals surface area contributed by atoms with Crippen LogP contribution in [0.4, 0.5) is 0 Å². The molecule has 2 aromatic carbocycles. The first kappa shape index (κ1) is 20.1. The van der Waals surface area contributed by atoms with E-state index in [0.29, 0.717) is 12.0 Å². The molecular weight excluding hydrogens is 356 g/mol. The first-order chi connectivity index (χ1) is 12.9. The second-order valence-corrected chi connectivity index (χ2v) is 5.60. The second kappa shape index (κ2) is 9.46. The summed E-state index contributed by atoms with van der Waals surface area (Å²) in [5.74, 6) is -1.30. The molecule has 8 nitrogen and oxygen atoms in total. The van der Waals surface area contributed by atoms with E-state index in [-0.39, 0.29) is 36.3 Å². The molecule has 0 unspecified atom stereocenters. The van der Waals surface area contributed by atoms with Crippen molar-refractivity contribution in [3.05, 3.63) is 59.2 Å². The van der Waals surface area contributed by atoms with Gasteiger partial charge in [0, 0.05) is 6.42 Å². The molecule has 2 rings (SSSR count). The molecule has 0 heterocycles. The van der Waals surface area contributed by atoms with E-state index in [4.69, 9.17) is 24.8 Å². The fourth-order valence-electron chi connectivity index (χ4n) is 2.13. The summed E-state index contributed by atoms with van der Waals surface area (Å²) in [6, 6.07) is 10.5. The number of aliphatic hydroxyl groups excluding tert-OH is 1. The van der Waals surface area contributed by atoms with E-state index in [0.717, 1.165) is 5.56 Å². The van der Waals surface area contributed by atoms with Crippen LogP contribution in [0.1, 0.15) is 39.1 Å². The highest BCUT2D eigenvalue weighted by molar-refractivity contribution is 5.87. The van der Waals surface area contributed by atoms with Crippen LogP contribution in [0.15, 0.2) is 42.5 Å². The molecule has 0 saturated heterocycles. The zero-order valence-electron chi connectivity index (χ0n) is 14.2. The Morgan fingerprint density at radius 1 is 1.07 bits per heavy atom. The highest BCUT2D eigenvalue weighted by Crippen LogP contribution is 2.24. The topological polar surface area (TPSA) is 130 Å². The third-order valence-corrected chi connectivity index (χ3v) is 3.55. The summed E-state index contributed by atoms with van der Waals surface area (Å²) in [4.78, 5) is 33.7. The number of hydrogen-bond donors (Lipinski definition) is 3. The summed E-state index contributed by atoms with van der Waals surface area (Å²) in [6.07, 6.45) is -1.47. The number of rotatable bonds is 9. The number of aromatic carboxylic acids is 1. The standard InChI is InChI=1S/C19H18O8/c20-10-14-9-15(5-6-16(14)27-18(23)8-7-17(21)22)26-11-12-1-3-13(4-2-12)19(24)25/h1-6,9-10,17,21-22H,7-8,11H2,(H,24,25). The lowest BCUT2D eigenvalue weighted by atomic mass is 10.1. The van der Waals surface area contributed by atoms with E-state index in [1.54, 1.807) is 12.1 Å². The smallest absolute Gasteiger partial charge is 0.335 e. The molecule has 142 valence electrons. The van der Waals surface area contributed by atoms with Crippen LogP contribution in [0.25, 0.3) is 0 Å². The van der Waals surface area contributed by atoms with Gasteiger partial charge in [-0.1, -0.05) is 12.1 Å². The second-order valence-electron chi connectivity index (χ2n) is 5.60. The summed E-state index contributed by atoms with van der Waals surface area (Å²) >= 11 is 0. The molecule has 0 atom stereocenters. The Balaban J connectivity index is 1.99.